The fourth-order valence-electron chi connectivity index (χ4n) is 1.86. The Labute approximate surface area is 123 Å². The van der Waals surface area contributed by atoms with E-state index in [1.54, 1.807) is 18.7 Å². The molecule has 0 aromatic carbocycles. The van der Waals surface area contributed by atoms with Gasteiger partial charge in [0.25, 0.3) is 0 Å². The normalized spacial score (nSPS) is 11.6. The zero-order valence-electron chi connectivity index (χ0n) is 12.4. The van der Waals surface area contributed by atoms with E-state index in [2.05, 4.69) is 37.9 Å². The van der Waals surface area contributed by atoms with Crippen LogP contribution in [0.15, 0.2) is 28.2 Å². The average molecular weight is 291 g/mol. The van der Waals surface area contributed by atoms with Crippen molar-refractivity contribution >= 4 is 5.96 Å². The largest absolute Gasteiger partial charge is 0.364 e. The number of aryl methyl sites for hydroxylation is 1. The van der Waals surface area contributed by atoms with Crippen LogP contribution in [0, 0.1) is 0 Å². The second-order valence-electron chi connectivity index (χ2n) is 4.41. The van der Waals surface area contributed by atoms with E-state index < -0.39 is 0 Å². The first-order valence-electron chi connectivity index (χ1n) is 7.11. The van der Waals surface area contributed by atoms with Gasteiger partial charge in [0.2, 0.25) is 0 Å². The van der Waals surface area contributed by atoms with Gasteiger partial charge in [0.05, 0.1) is 6.54 Å². The molecular formula is C13H21N7O. The molecule has 0 spiro atoms. The standard InChI is InChI=1S/C13H21N7O/c1-3-12-18-17-10-20(12)7-6-15-13(14-4-2)16-9-11-5-8-21-19-11/h5,8,10H,3-4,6-7,9H2,1-2H3,(H2,14,15,16). The molecule has 2 rings (SSSR count). The van der Waals surface area contributed by atoms with Crippen molar-refractivity contribution in [3.8, 4) is 0 Å². The van der Waals surface area contributed by atoms with Crippen LogP contribution in [-0.4, -0.2) is 39.0 Å². The van der Waals surface area contributed by atoms with Crippen LogP contribution in [-0.2, 0) is 19.5 Å². The van der Waals surface area contributed by atoms with Gasteiger partial charge in [0, 0.05) is 32.1 Å². The zero-order chi connectivity index (χ0) is 14.9. The highest BCUT2D eigenvalue weighted by Crippen LogP contribution is 1.97. The first-order valence-corrected chi connectivity index (χ1v) is 7.11. The van der Waals surface area contributed by atoms with Gasteiger partial charge in [0.1, 0.15) is 24.1 Å². The van der Waals surface area contributed by atoms with Crippen LogP contribution in [0.1, 0.15) is 25.4 Å². The Balaban J connectivity index is 1.83. The van der Waals surface area contributed by atoms with Crippen molar-refractivity contribution in [2.24, 2.45) is 4.99 Å². The van der Waals surface area contributed by atoms with E-state index in [-0.39, 0.29) is 0 Å². The van der Waals surface area contributed by atoms with Crippen molar-refractivity contribution in [1.82, 2.24) is 30.6 Å². The Morgan fingerprint density at radius 3 is 3.00 bits per heavy atom. The van der Waals surface area contributed by atoms with Gasteiger partial charge >= 0.3 is 0 Å². The van der Waals surface area contributed by atoms with Crippen molar-refractivity contribution in [3.63, 3.8) is 0 Å². The number of guanidine groups is 1. The maximum absolute atomic E-state index is 4.79. The maximum atomic E-state index is 4.79. The van der Waals surface area contributed by atoms with Crippen LogP contribution in [0.4, 0.5) is 0 Å². The summed E-state index contributed by atoms with van der Waals surface area (Å²) in [5.74, 6) is 1.74. The van der Waals surface area contributed by atoms with Crippen LogP contribution in [0.3, 0.4) is 0 Å². The molecule has 0 atom stereocenters. The summed E-state index contributed by atoms with van der Waals surface area (Å²) < 4.78 is 6.82. The van der Waals surface area contributed by atoms with Gasteiger partial charge in [-0.15, -0.1) is 10.2 Å². The van der Waals surface area contributed by atoms with Crippen molar-refractivity contribution in [2.45, 2.75) is 33.4 Å². The molecule has 2 heterocycles. The minimum absolute atomic E-state index is 0.485. The monoisotopic (exact) mass is 291 g/mol. The minimum atomic E-state index is 0.485. The summed E-state index contributed by atoms with van der Waals surface area (Å²) in [7, 11) is 0. The van der Waals surface area contributed by atoms with Crippen LogP contribution in [0.5, 0.6) is 0 Å². The molecule has 0 amide bonds. The molecule has 0 bridgehead atoms. The summed E-state index contributed by atoms with van der Waals surface area (Å²) in [6, 6.07) is 1.80. The molecular weight excluding hydrogens is 270 g/mol. The highest BCUT2D eigenvalue weighted by molar-refractivity contribution is 5.79. The van der Waals surface area contributed by atoms with Gasteiger partial charge in [-0.2, -0.15) is 0 Å². The fraction of sp³-hybridized carbons (Fsp3) is 0.538. The van der Waals surface area contributed by atoms with Crippen molar-refractivity contribution in [2.75, 3.05) is 13.1 Å². The third-order valence-electron chi connectivity index (χ3n) is 2.89. The predicted molar refractivity (Wildman–Crippen MR) is 78.7 cm³/mol. The Morgan fingerprint density at radius 1 is 1.38 bits per heavy atom. The third kappa shape index (κ3) is 4.59. The van der Waals surface area contributed by atoms with E-state index in [1.165, 1.54) is 0 Å². The lowest BCUT2D eigenvalue weighted by Crippen LogP contribution is -2.38. The van der Waals surface area contributed by atoms with Gasteiger partial charge in [-0.25, -0.2) is 4.99 Å². The van der Waals surface area contributed by atoms with Crippen LogP contribution in [0.25, 0.3) is 0 Å². The van der Waals surface area contributed by atoms with E-state index in [1.807, 2.05) is 11.5 Å². The predicted octanol–water partition coefficient (Wildman–Crippen LogP) is 0.584. The number of nitrogens with zero attached hydrogens (tertiary/aromatic N) is 5. The lowest BCUT2D eigenvalue weighted by molar-refractivity contribution is 0.412. The molecule has 0 saturated heterocycles. The Morgan fingerprint density at radius 2 is 2.29 bits per heavy atom. The highest BCUT2D eigenvalue weighted by Gasteiger charge is 2.02. The third-order valence-corrected chi connectivity index (χ3v) is 2.89. The topological polar surface area (TPSA) is 93.2 Å². The van der Waals surface area contributed by atoms with E-state index in [9.17, 15) is 0 Å². The molecule has 0 aliphatic rings. The van der Waals surface area contributed by atoms with Crippen LogP contribution in [0.2, 0.25) is 0 Å². The van der Waals surface area contributed by atoms with Crippen molar-refractivity contribution in [3.05, 3.63) is 30.2 Å². The van der Waals surface area contributed by atoms with Gasteiger partial charge in [-0.1, -0.05) is 12.1 Å². The molecule has 0 saturated carbocycles. The van der Waals surface area contributed by atoms with E-state index >= 15 is 0 Å². The smallest absolute Gasteiger partial charge is 0.191 e. The van der Waals surface area contributed by atoms with Crippen LogP contribution < -0.4 is 10.6 Å². The van der Waals surface area contributed by atoms with Crippen molar-refractivity contribution in [1.29, 1.82) is 0 Å². The quantitative estimate of drug-likeness (QED) is 0.572. The number of hydrogen-bond donors (Lipinski definition) is 2. The Hall–Kier alpha value is -2.38. The lowest BCUT2D eigenvalue weighted by Gasteiger charge is -2.11. The first kappa shape index (κ1) is 15.0. The molecule has 8 heteroatoms. The molecule has 0 aliphatic carbocycles. The van der Waals surface area contributed by atoms with Gasteiger partial charge in [-0.05, 0) is 6.92 Å². The molecule has 0 aliphatic heterocycles. The summed E-state index contributed by atoms with van der Waals surface area (Å²) in [6.45, 7) is 6.93. The molecule has 8 nitrogen and oxygen atoms in total. The maximum Gasteiger partial charge on any atom is 0.191 e. The molecule has 2 aromatic rings. The molecule has 114 valence electrons. The van der Waals surface area contributed by atoms with Gasteiger partial charge in [0.15, 0.2) is 5.96 Å². The summed E-state index contributed by atoms with van der Waals surface area (Å²) >= 11 is 0. The van der Waals surface area contributed by atoms with Gasteiger partial charge in [-0.3, -0.25) is 0 Å². The second-order valence-corrected chi connectivity index (χ2v) is 4.41. The molecule has 2 N–H and O–H groups in total. The van der Waals surface area contributed by atoms with E-state index in [0.717, 1.165) is 43.5 Å². The van der Waals surface area contributed by atoms with Crippen molar-refractivity contribution < 1.29 is 4.52 Å². The van der Waals surface area contributed by atoms with E-state index in [4.69, 9.17) is 4.52 Å². The summed E-state index contributed by atoms with van der Waals surface area (Å²) in [5.41, 5.74) is 0.805. The number of aliphatic imine (C=N–C) groups is 1. The SMILES string of the molecule is CCNC(=NCc1ccon1)NCCn1cnnc1CC. The second kappa shape index (κ2) is 8.03. The Bertz CT molecular complexity index is 547. The number of hydrogen-bond acceptors (Lipinski definition) is 5. The molecule has 21 heavy (non-hydrogen) atoms. The first-order chi connectivity index (χ1) is 10.3. The Kier molecular flexibility index (Phi) is 5.74. The van der Waals surface area contributed by atoms with Gasteiger partial charge < -0.3 is 19.7 Å². The average Bonchev–Trinajstić information content (AvgIpc) is 3.16. The molecule has 2 aromatic heterocycles. The number of rotatable bonds is 7. The summed E-state index contributed by atoms with van der Waals surface area (Å²) in [4.78, 5) is 4.45. The molecule has 0 fully saturated rings. The fourth-order valence-corrected chi connectivity index (χ4v) is 1.86. The summed E-state index contributed by atoms with van der Waals surface area (Å²) in [6.07, 6.45) is 4.17. The highest BCUT2D eigenvalue weighted by atomic mass is 16.5. The number of nitrogens with one attached hydrogen (secondary N) is 2. The summed E-state index contributed by atoms with van der Waals surface area (Å²) in [5, 5.41) is 18.3. The molecule has 0 unspecified atom stereocenters. The zero-order valence-corrected chi connectivity index (χ0v) is 12.4. The van der Waals surface area contributed by atoms with Crippen LogP contribution >= 0.6 is 0 Å². The lowest BCUT2D eigenvalue weighted by atomic mass is 10.4. The van der Waals surface area contributed by atoms with E-state index in [0.29, 0.717) is 6.54 Å². The minimum Gasteiger partial charge on any atom is -0.364 e. The molecule has 0 radical (unpaired) electrons. The number of aromatic nitrogens is 4.